The monoisotopic (exact) mass is 354 g/mol. The van der Waals surface area contributed by atoms with Crippen LogP contribution in [0.3, 0.4) is 0 Å². The first-order valence-electron chi connectivity index (χ1n) is 8.98. The van der Waals surface area contributed by atoms with Gasteiger partial charge in [0, 0.05) is 51.2 Å². The standard InChI is InChI=1S/C19H26N6O/c1-3-20-19(23-15-16-7-9-22-18(14-16)26-2)25-12-10-24(11-13-25)17-6-4-5-8-21-17/h4-9,14H,3,10-13,15H2,1-2H3,(H,20,23). The summed E-state index contributed by atoms with van der Waals surface area (Å²) in [7, 11) is 1.63. The molecule has 0 bridgehead atoms. The number of rotatable bonds is 5. The third-order valence-electron chi connectivity index (χ3n) is 4.31. The smallest absolute Gasteiger partial charge is 0.213 e. The lowest BCUT2D eigenvalue weighted by molar-refractivity contribution is 0.371. The summed E-state index contributed by atoms with van der Waals surface area (Å²) in [6.07, 6.45) is 3.60. The van der Waals surface area contributed by atoms with Crippen LogP contribution in [0.1, 0.15) is 12.5 Å². The summed E-state index contributed by atoms with van der Waals surface area (Å²) >= 11 is 0. The van der Waals surface area contributed by atoms with Gasteiger partial charge >= 0.3 is 0 Å². The molecule has 0 unspecified atom stereocenters. The van der Waals surface area contributed by atoms with Crippen LogP contribution in [0.15, 0.2) is 47.7 Å². The molecule has 138 valence electrons. The fourth-order valence-corrected chi connectivity index (χ4v) is 2.94. The summed E-state index contributed by atoms with van der Waals surface area (Å²) in [5, 5.41) is 3.40. The van der Waals surface area contributed by atoms with E-state index in [0.717, 1.165) is 50.1 Å². The average molecular weight is 354 g/mol. The van der Waals surface area contributed by atoms with E-state index in [-0.39, 0.29) is 0 Å². The van der Waals surface area contributed by atoms with Crippen molar-refractivity contribution in [3.05, 3.63) is 48.3 Å². The van der Waals surface area contributed by atoms with Gasteiger partial charge in [0.15, 0.2) is 5.96 Å². The molecule has 0 amide bonds. The number of aliphatic imine (C=N–C) groups is 1. The first-order valence-corrected chi connectivity index (χ1v) is 8.98. The van der Waals surface area contributed by atoms with Crippen LogP contribution < -0.4 is 15.0 Å². The molecule has 0 radical (unpaired) electrons. The first kappa shape index (κ1) is 18.0. The van der Waals surface area contributed by atoms with E-state index >= 15 is 0 Å². The maximum atomic E-state index is 5.18. The molecule has 0 spiro atoms. The Morgan fingerprint density at radius 1 is 1.15 bits per heavy atom. The highest BCUT2D eigenvalue weighted by molar-refractivity contribution is 5.80. The quantitative estimate of drug-likeness (QED) is 0.652. The van der Waals surface area contributed by atoms with Crippen LogP contribution in [-0.4, -0.2) is 60.7 Å². The molecule has 0 aromatic carbocycles. The second kappa shape index (κ2) is 9.03. The minimum Gasteiger partial charge on any atom is -0.481 e. The van der Waals surface area contributed by atoms with Gasteiger partial charge in [0.05, 0.1) is 13.7 Å². The van der Waals surface area contributed by atoms with Crippen LogP contribution >= 0.6 is 0 Å². The van der Waals surface area contributed by atoms with Crippen LogP contribution in [0.4, 0.5) is 5.82 Å². The van der Waals surface area contributed by atoms with Crippen LogP contribution in [-0.2, 0) is 6.54 Å². The lowest BCUT2D eigenvalue weighted by Gasteiger charge is -2.37. The van der Waals surface area contributed by atoms with E-state index in [2.05, 4.69) is 38.1 Å². The normalized spacial score (nSPS) is 15.1. The second-order valence-electron chi connectivity index (χ2n) is 6.04. The molecule has 26 heavy (non-hydrogen) atoms. The number of pyridine rings is 2. The van der Waals surface area contributed by atoms with Gasteiger partial charge in [-0.05, 0) is 30.7 Å². The van der Waals surface area contributed by atoms with Gasteiger partial charge in [0.1, 0.15) is 5.82 Å². The molecule has 2 aromatic heterocycles. The van der Waals surface area contributed by atoms with Crippen molar-refractivity contribution in [1.29, 1.82) is 0 Å². The van der Waals surface area contributed by atoms with E-state index in [1.165, 1.54) is 0 Å². The van der Waals surface area contributed by atoms with Crippen molar-refractivity contribution in [2.45, 2.75) is 13.5 Å². The van der Waals surface area contributed by atoms with Gasteiger partial charge in [0.25, 0.3) is 0 Å². The van der Waals surface area contributed by atoms with Gasteiger partial charge in [-0.3, -0.25) is 0 Å². The van der Waals surface area contributed by atoms with Crippen molar-refractivity contribution in [3.63, 3.8) is 0 Å². The highest BCUT2D eigenvalue weighted by atomic mass is 16.5. The Hall–Kier alpha value is -2.83. The summed E-state index contributed by atoms with van der Waals surface area (Å²) in [4.78, 5) is 18.0. The number of guanidine groups is 1. The molecule has 2 aromatic rings. The van der Waals surface area contributed by atoms with Crippen LogP contribution in [0, 0.1) is 0 Å². The molecule has 1 N–H and O–H groups in total. The van der Waals surface area contributed by atoms with Gasteiger partial charge in [0.2, 0.25) is 5.88 Å². The van der Waals surface area contributed by atoms with Crippen molar-refractivity contribution in [3.8, 4) is 5.88 Å². The lowest BCUT2D eigenvalue weighted by atomic mass is 10.2. The molecule has 1 saturated heterocycles. The van der Waals surface area contributed by atoms with E-state index < -0.39 is 0 Å². The zero-order valence-electron chi connectivity index (χ0n) is 15.4. The molecule has 7 heteroatoms. The number of methoxy groups -OCH3 is 1. The minimum absolute atomic E-state index is 0.599. The Morgan fingerprint density at radius 3 is 2.69 bits per heavy atom. The van der Waals surface area contributed by atoms with Crippen molar-refractivity contribution in [1.82, 2.24) is 20.2 Å². The van der Waals surface area contributed by atoms with Crippen molar-refractivity contribution in [2.75, 3.05) is 44.7 Å². The van der Waals surface area contributed by atoms with Gasteiger partial charge in [-0.2, -0.15) is 0 Å². The molecule has 0 saturated carbocycles. The molecule has 7 nitrogen and oxygen atoms in total. The Bertz CT molecular complexity index is 713. The largest absolute Gasteiger partial charge is 0.481 e. The molecular weight excluding hydrogens is 328 g/mol. The third-order valence-corrected chi connectivity index (χ3v) is 4.31. The molecule has 0 aliphatic carbocycles. The van der Waals surface area contributed by atoms with Gasteiger partial charge in [-0.1, -0.05) is 6.07 Å². The summed E-state index contributed by atoms with van der Waals surface area (Å²) in [6.45, 7) is 7.24. The number of aromatic nitrogens is 2. The summed E-state index contributed by atoms with van der Waals surface area (Å²) in [5.74, 6) is 2.61. The third kappa shape index (κ3) is 4.62. The number of nitrogens with one attached hydrogen (secondary N) is 1. The molecule has 1 aliphatic heterocycles. The van der Waals surface area contributed by atoms with E-state index in [1.807, 2.05) is 30.5 Å². The van der Waals surface area contributed by atoms with Gasteiger partial charge < -0.3 is 19.9 Å². The van der Waals surface area contributed by atoms with Gasteiger partial charge in [-0.15, -0.1) is 0 Å². The fourth-order valence-electron chi connectivity index (χ4n) is 2.94. The Kier molecular flexibility index (Phi) is 6.24. The molecule has 1 aliphatic rings. The average Bonchev–Trinajstić information content (AvgIpc) is 2.72. The number of nitrogens with zero attached hydrogens (tertiary/aromatic N) is 5. The topological polar surface area (TPSA) is 65.9 Å². The van der Waals surface area contributed by atoms with E-state index in [4.69, 9.17) is 9.73 Å². The summed E-state index contributed by atoms with van der Waals surface area (Å²) in [6, 6.07) is 9.93. The van der Waals surface area contributed by atoms with E-state index in [0.29, 0.717) is 12.4 Å². The highest BCUT2D eigenvalue weighted by Crippen LogP contribution is 2.13. The Balaban J connectivity index is 1.62. The predicted molar refractivity (Wildman–Crippen MR) is 104 cm³/mol. The van der Waals surface area contributed by atoms with Crippen LogP contribution in [0.2, 0.25) is 0 Å². The number of anilines is 1. The maximum absolute atomic E-state index is 5.18. The van der Waals surface area contributed by atoms with Crippen molar-refractivity contribution >= 4 is 11.8 Å². The van der Waals surface area contributed by atoms with Crippen molar-refractivity contribution < 1.29 is 4.74 Å². The second-order valence-corrected chi connectivity index (χ2v) is 6.04. The molecule has 1 fully saturated rings. The molecule has 3 heterocycles. The zero-order chi connectivity index (χ0) is 18.2. The number of hydrogen-bond acceptors (Lipinski definition) is 5. The maximum Gasteiger partial charge on any atom is 0.213 e. The number of ether oxygens (including phenoxy) is 1. The Labute approximate surface area is 154 Å². The van der Waals surface area contributed by atoms with E-state index in [1.54, 1.807) is 13.3 Å². The van der Waals surface area contributed by atoms with Crippen LogP contribution in [0.5, 0.6) is 5.88 Å². The number of piperazine rings is 1. The SMILES string of the molecule is CCNC(=NCc1ccnc(OC)c1)N1CCN(c2ccccn2)CC1. The summed E-state index contributed by atoms with van der Waals surface area (Å²) < 4.78 is 5.18. The van der Waals surface area contributed by atoms with E-state index in [9.17, 15) is 0 Å². The van der Waals surface area contributed by atoms with Crippen molar-refractivity contribution in [2.24, 2.45) is 4.99 Å². The molecule has 3 rings (SSSR count). The molecule has 0 atom stereocenters. The lowest BCUT2D eigenvalue weighted by Crippen LogP contribution is -2.52. The summed E-state index contributed by atoms with van der Waals surface area (Å²) in [5.41, 5.74) is 1.08. The van der Waals surface area contributed by atoms with Gasteiger partial charge in [-0.25, -0.2) is 15.0 Å². The highest BCUT2D eigenvalue weighted by Gasteiger charge is 2.20. The Morgan fingerprint density at radius 2 is 2.00 bits per heavy atom. The number of hydrogen-bond donors (Lipinski definition) is 1. The first-order chi connectivity index (χ1) is 12.8. The van der Waals surface area contributed by atoms with Crippen LogP contribution in [0.25, 0.3) is 0 Å². The molecular formula is C19H26N6O. The zero-order valence-corrected chi connectivity index (χ0v) is 15.4. The fraction of sp³-hybridized carbons (Fsp3) is 0.421. The predicted octanol–water partition coefficient (Wildman–Crippen LogP) is 1.77. The minimum atomic E-state index is 0.599.